The molecule has 0 atom stereocenters. The number of pyridine rings is 1. The molecule has 1 aromatic rings. The molecule has 0 aromatic carbocycles. The van der Waals surface area contributed by atoms with Crippen LogP contribution in [0.25, 0.3) is 0 Å². The fourth-order valence-electron chi connectivity index (χ4n) is 0.902. The van der Waals surface area contributed by atoms with E-state index in [0.29, 0.717) is 5.69 Å². The first kappa shape index (κ1) is 7.98. The minimum Gasteiger partial charge on any atom is -0.316 e. The van der Waals surface area contributed by atoms with Gasteiger partial charge in [0.15, 0.2) is 0 Å². The molecule has 1 heterocycles. The van der Waals surface area contributed by atoms with Gasteiger partial charge in [0.2, 0.25) is 0 Å². The molecule has 0 N–H and O–H groups in total. The molecule has 0 bridgehead atoms. The van der Waals surface area contributed by atoms with Crippen molar-refractivity contribution in [3.8, 4) is 0 Å². The number of aromatic nitrogens is 1. The van der Waals surface area contributed by atoms with Crippen LogP contribution >= 0.6 is 0 Å². The zero-order valence-electron chi connectivity index (χ0n) is 6.81. The summed E-state index contributed by atoms with van der Waals surface area (Å²) in [4.78, 5) is 11.1. The lowest BCUT2D eigenvalue weighted by Gasteiger charge is -2.04. The molecular formula is C8H10FNO. The first-order chi connectivity index (χ1) is 5.04. The van der Waals surface area contributed by atoms with E-state index in [1.54, 1.807) is 14.0 Å². The van der Waals surface area contributed by atoms with E-state index in [2.05, 4.69) is 0 Å². The predicted molar refractivity (Wildman–Crippen MR) is 41.1 cm³/mol. The highest BCUT2D eigenvalue weighted by atomic mass is 19.1. The highest BCUT2D eigenvalue weighted by molar-refractivity contribution is 5.15. The summed E-state index contributed by atoms with van der Waals surface area (Å²) in [7, 11) is 1.63. The summed E-state index contributed by atoms with van der Waals surface area (Å²) in [6.07, 6.45) is 0. The summed E-state index contributed by atoms with van der Waals surface area (Å²) in [5.74, 6) is -0.425. The number of nitrogens with zero attached hydrogens (tertiary/aromatic N) is 1. The second-order valence-electron chi connectivity index (χ2n) is 2.62. The third kappa shape index (κ3) is 1.18. The first-order valence-corrected chi connectivity index (χ1v) is 3.36. The normalized spacial score (nSPS) is 10.2. The highest BCUT2D eigenvalue weighted by Crippen LogP contribution is 2.01. The van der Waals surface area contributed by atoms with Gasteiger partial charge in [-0.25, -0.2) is 4.39 Å². The zero-order chi connectivity index (χ0) is 8.59. The van der Waals surface area contributed by atoms with Crippen molar-refractivity contribution in [3.63, 3.8) is 0 Å². The summed E-state index contributed by atoms with van der Waals surface area (Å²) < 4.78 is 14.2. The molecule has 0 saturated heterocycles. The maximum atomic E-state index is 12.8. The molecule has 0 aliphatic heterocycles. The molecule has 0 fully saturated rings. The van der Waals surface area contributed by atoms with Crippen molar-refractivity contribution in [1.29, 1.82) is 0 Å². The second kappa shape index (κ2) is 2.49. The van der Waals surface area contributed by atoms with Crippen LogP contribution in [0.2, 0.25) is 0 Å². The van der Waals surface area contributed by atoms with Crippen LogP contribution in [0.3, 0.4) is 0 Å². The van der Waals surface area contributed by atoms with Crippen molar-refractivity contribution in [2.24, 2.45) is 7.05 Å². The minimum atomic E-state index is -0.425. The van der Waals surface area contributed by atoms with Gasteiger partial charge in [-0.1, -0.05) is 0 Å². The molecule has 0 radical (unpaired) electrons. The van der Waals surface area contributed by atoms with E-state index >= 15 is 0 Å². The van der Waals surface area contributed by atoms with Crippen LogP contribution in [0, 0.1) is 19.7 Å². The van der Waals surface area contributed by atoms with Gasteiger partial charge in [0, 0.05) is 12.7 Å². The van der Waals surface area contributed by atoms with Gasteiger partial charge in [-0.15, -0.1) is 0 Å². The van der Waals surface area contributed by atoms with Gasteiger partial charge < -0.3 is 4.57 Å². The molecule has 60 valence electrons. The number of hydrogen-bond donors (Lipinski definition) is 0. The molecule has 0 unspecified atom stereocenters. The molecular weight excluding hydrogens is 145 g/mol. The van der Waals surface area contributed by atoms with E-state index in [0.717, 1.165) is 0 Å². The van der Waals surface area contributed by atoms with Crippen LogP contribution in [0.1, 0.15) is 11.3 Å². The topological polar surface area (TPSA) is 22.0 Å². The highest BCUT2D eigenvalue weighted by Gasteiger charge is 2.04. The standard InChI is InChI=1S/C8H10FNO/c1-5-4-7(9)6(2)8(11)10(5)3/h4H,1-3H3. The van der Waals surface area contributed by atoms with E-state index in [9.17, 15) is 9.18 Å². The van der Waals surface area contributed by atoms with Crippen molar-refractivity contribution in [2.45, 2.75) is 13.8 Å². The third-order valence-electron chi connectivity index (χ3n) is 1.85. The Labute approximate surface area is 64.3 Å². The Kier molecular flexibility index (Phi) is 1.81. The zero-order valence-corrected chi connectivity index (χ0v) is 6.81. The van der Waals surface area contributed by atoms with E-state index in [-0.39, 0.29) is 11.1 Å². The van der Waals surface area contributed by atoms with Gasteiger partial charge in [-0.05, 0) is 19.9 Å². The minimum absolute atomic E-state index is 0.179. The maximum absolute atomic E-state index is 12.8. The molecule has 0 amide bonds. The van der Waals surface area contributed by atoms with E-state index < -0.39 is 5.82 Å². The maximum Gasteiger partial charge on any atom is 0.256 e. The Balaban J connectivity index is 3.59. The summed E-state index contributed by atoms with van der Waals surface area (Å²) >= 11 is 0. The van der Waals surface area contributed by atoms with Gasteiger partial charge in [-0.2, -0.15) is 0 Å². The van der Waals surface area contributed by atoms with Crippen molar-refractivity contribution < 1.29 is 4.39 Å². The fourth-order valence-corrected chi connectivity index (χ4v) is 0.902. The average molecular weight is 155 g/mol. The van der Waals surface area contributed by atoms with E-state index in [4.69, 9.17) is 0 Å². The molecule has 2 nitrogen and oxygen atoms in total. The Morgan fingerprint density at radius 2 is 2.00 bits per heavy atom. The number of hydrogen-bond acceptors (Lipinski definition) is 1. The van der Waals surface area contributed by atoms with E-state index in [1.807, 2.05) is 0 Å². The fraction of sp³-hybridized carbons (Fsp3) is 0.375. The average Bonchev–Trinajstić information content (AvgIpc) is 1.97. The Morgan fingerprint density at radius 1 is 1.45 bits per heavy atom. The van der Waals surface area contributed by atoms with Crippen LogP contribution in [0.15, 0.2) is 10.9 Å². The molecule has 1 aromatic heterocycles. The SMILES string of the molecule is Cc1c(F)cc(C)n(C)c1=O. The Morgan fingerprint density at radius 3 is 2.55 bits per heavy atom. The summed E-state index contributed by atoms with van der Waals surface area (Å²) in [5.41, 5.74) is 0.554. The molecule has 1 rings (SSSR count). The Hall–Kier alpha value is -1.12. The molecule has 0 aliphatic carbocycles. The van der Waals surface area contributed by atoms with E-state index in [1.165, 1.54) is 17.6 Å². The third-order valence-corrected chi connectivity index (χ3v) is 1.85. The largest absolute Gasteiger partial charge is 0.316 e. The van der Waals surface area contributed by atoms with Crippen LogP contribution in [-0.2, 0) is 7.05 Å². The quantitative estimate of drug-likeness (QED) is 0.550. The number of rotatable bonds is 0. The number of halogens is 1. The lowest BCUT2D eigenvalue weighted by molar-refractivity contribution is 0.600. The lowest BCUT2D eigenvalue weighted by Crippen LogP contribution is -2.22. The van der Waals surface area contributed by atoms with Crippen LogP contribution < -0.4 is 5.56 Å². The van der Waals surface area contributed by atoms with Crippen LogP contribution in [0.5, 0.6) is 0 Å². The van der Waals surface area contributed by atoms with Gasteiger partial charge in [-0.3, -0.25) is 4.79 Å². The monoisotopic (exact) mass is 155 g/mol. The lowest BCUT2D eigenvalue weighted by atomic mass is 10.2. The molecule has 11 heavy (non-hydrogen) atoms. The molecule has 0 aliphatic rings. The predicted octanol–water partition coefficient (Wildman–Crippen LogP) is 1.14. The smallest absolute Gasteiger partial charge is 0.256 e. The Bertz CT molecular complexity index is 311. The van der Waals surface area contributed by atoms with Crippen molar-refractivity contribution >= 4 is 0 Å². The second-order valence-corrected chi connectivity index (χ2v) is 2.62. The molecule has 0 spiro atoms. The molecule has 0 saturated carbocycles. The van der Waals surface area contributed by atoms with Crippen molar-refractivity contribution in [2.75, 3.05) is 0 Å². The number of aryl methyl sites for hydroxylation is 1. The molecule has 3 heteroatoms. The van der Waals surface area contributed by atoms with Crippen LogP contribution in [-0.4, -0.2) is 4.57 Å². The van der Waals surface area contributed by atoms with Crippen molar-refractivity contribution in [3.05, 3.63) is 33.5 Å². The van der Waals surface area contributed by atoms with Crippen molar-refractivity contribution in [1.82, 2.24) is 4.57 Å². The van der Waals surface area contributed by atoms with Gasteiger partial charge in [0.05, 0.1) is 5.56 Å². The summed E-state index contributed by atoms with van der Waals surface area (Å²) in [6, 6.07) is 1.36. The van der Waals surface area contributed by atoms with Gasteiger partial charge >= 0.3 is 0 Å². The van der Waals surface area contributed by atoms with Gasteiger partial charge in [0.1, 0.15) is 5.82 Å². The van der Waals surface area contributed by atoms with Crippen LogP contribution in [0.4, 0.5) is 4.39 Å². The summed E-state index contributed by atoms with van der Waals surface area (Å²) in [6.45, 7) is 3.18. The first-order valence-electron chi connectivity index (χ1n) is 3.36. The summed E-state index contributed by atoms with van der Waals surface area (Å²) in [5, 5.41) is 0. The van der Waals surface area contributed by atoms with Gasteiger partial charge in [0.25, 0.3) is 5.56 Å².